The molecule has 6 nitrogen and oxygen atoms in total. The van der Waals surface area contributed by atoms with Gasteiger partial charge in [-0.25, -0.2) is 0 Å². The van der Waals surface area contributed by atoms with Gasteiger partial charge in [-0.05, 0) is 60.9 Å². The molecule has 0 aliphatic rings. The summed E-state index contributed by atoms with van der Waals surface area (Å²) in [4.78, 5) is 8.33. The van der Waals surface area contributed by atoms with Crippen molar-refractivity contribution in [3.8, 4) is 11.6 Å². The summed E-state index contributed by atoms with van der Waals surface area (Å²) >= 11 is 0. The van der Waals surface area contributed by atoms with Crippen LogP contribution in [-0.2, 0) is 6.42 Å². The maximum absolute atomic E-state index is 5.81. The molecule has 0 radical (unpaired) electrons. The van der Waals surface area contributed by atoms with Gasteiger partial charge in [-0.1, -0.05) is 13.0 Å². The third-order valence-electron chi connectivity index (χ3n) is 3.82. The Morgan fingerprint density at radius 3 is 2.48 bits per heavy atom. The fourth-order valence-corrected chi connectivity index (χ4v) is 2.49. The summed E-state index contributed by atoms with van der Waals surface area (Å²) < 4.78 is 5.73. The number of rotatable bonds is 5. The average Bonchev–Trinajstić information content (AvgIpc) is 2.58. The van der Waals surface area contributed by atoms with Gasteiger partial charge >= 0.3 is 0 Å². The summed E-state index contributed by atoms with van der Waals surface area (Å²) in [5.74, 6) is 1.70. The summed E-state index contributed by atoms with van der Waals surface area (Å²) in [5, 5.41) is 3.25. The van der Waals surface area contributed by atoms with Gasteiger partial charge in [0.25, 0.3) is 0 Å². The molecule has 6 heteroatoms. The molecule has 0 spiro atoms. The normalized spacial score (nSPS) is 10.5. The zero-order chi connectivity index (χ0) is 17.8. The quantitative estimate of drug-likeness (QED) is 0.608. The van der Waals surface area contributed by atoms with Gasteiger partial charge in [0.2, 0.25) is 11.8 Å². The summed E-state index contributed by atoms with van der Waals surface area (Å²) in [5.41, 5.74) is 15.6. The van der Waals surface area contributed by atoms with E-state index < -0.39 is 0 Å². The molecule has 0 fully saturated rings. The highest BCUT2D eigenvalue weighted by Gasteiger charge is 2.06. The second-order valence-corrected chi connectivity index (χ2v) is 5.74. The fourth-order valence-electron chi connectivity index (χ4n) is 2.49. The van der Waals surface area contributed by atoms with Crippen LogP contribution in [-0.4, -0.2) is 9.97 Å². The lowest BCUT2D eigenvalue weighted by molar-refractivity contribution is 0.463. The van der Waals surface area contributed by atoms with Gasteiger partial charge in [0.1, 0.15) is 11.6 Å². The molecule has 0 saturated heterocycles. The van der Waals surface area contributed by atoms with Gasteiger partial charge in [-0.2, -0.15) is 9.97 Å². The van der Waals surface area contributed by atoms with Crippen molar-refractivity contribution < 1.29 is 4.74 Å². The van der Waals surface area contributed by atoms with Crippen LogP contribution < -0.4 is 21.5 Å². The van der Waals surface area contributed by atoms with Gasteiger partial charge in [0, 0.05) is 17.4 Å². The molecule has 0 atom stereocenters. The van der Waals surface area contributed by atoms with E-state index in [1.807, 2.05) is 6.07 Å². The zero-order valence-electron chi connectivity index (χ0n) is 14.3. The molecule has 128 valence electrons. The topological polar surface area (TPSA) is 99.1 Å². The molecule has 5 N–H and O–H groups in total. The molecule has 3 aromatic rings. The number of nitrogen functional groups attached to an aromatic ring is 2. The van der Waals surface area contributed by atoms with Gasteiger partial charge in [-0.3, -0.25) is 0 Å². The van der Waals surface area contributed by atoms with E-state index in [-0.39, 0.29) is 5.95 Å². The average molecular weight is 335 g/mol. The maximum atomic E-state index is 5.81. The molecule has 0 saturated carbocycles. The zero-order valence-corrected chi connectivity index (χ0v) is 14.3. The van der Waals surface area contributed by atoms with Crippen LogP contribution in [0.2, 0.25) is 0 Å². The highest BCUT2D eigenvalue weighted by Crippen LogP contribution is 2.25. The van der Waals surface area contributed by atoms with Crippen LogP contribution in [0, 0.1) is 6.92 Å². The number of nitrogens with one attached hydrogen (secondary N) is 1. The smallest absolute Gasteiger partial charge is 0.226 e. The van der Waals surface area contributed by atoms with Crippen LogP contribution in [0.5, 0.6) is 11.6 Å². The Hall–Kier alpha value is -3.28. The molecule has 25 heavy (non-hydrogen) atoms. The van der Waals surface area contributed by atoms with Crippen molar-refractivity contribution in [3.63, 3.8) is 0 Å². The van der Waals surface area contributed by atoms with Crippen LogP contribution in [0.4, 0.5) is 23.1 Å². The van der Waals surface area contributed by atoms with Crippen molar-refractivity contribution in [2.45, 2.75) is 20.3 Å². The number of aromatic nitrogens is 2. The van der Waals surface area contributed by atoms with Crippen molar-refractivity contribution in [2.75, 3.05) is 16.8 Å². The summed E-state index contributed by atoms with van der Waals surface area (Å²) in [6.07, 6.45) is 0.971. The van der Waals surface area contributed by atoms with E-state index >= 15 is 0 Å². The number of hydrogen-bond donors (Lipinski definition) is 3. The first-order valence-electron chi connectivity index (χ1n) is 8.08. The third kappa shape index (κ3) is 4.17. The lowest BCUT2D eigenvalue weighted by Crippen LogP contribution is -2.02. The Labute approximate surface area is 146 Å². The van der Waals surface area contributed by atoms with Gasteiger partial charge in [0.15, 0.2) is 0 Å². The van der Waals surface area contributed by atoms with Crippen LogP contribution in [0.15, 0.2) is 48.5 Å². The van der Waals surface area contributed by atoms with Crippen LogP contribution in [0.1, 0.15) is 18.1 Å². The van der Waals surface area contributed by atoms with Crippen molar-refractivity contribution in [2.24, 2.45) is 0 Å². The van der Waals surface area contributed by atoms with Gasteiger partial charge < -0.3 is 21.5 Å². The largest absolute Gasteiger partial charge is 0.439 e. The second kappa shape index (κ2) is 7.09. The van der Waals surface area contributed by atoms with E-state index in [0.717, 1.165) is 12.1 Å². The highest BCUT2D eigenvalue weighted by molar-refractivity contribution is 5.60. The minimum atomic E-state index is 0.137. The monoisotopic (exact) mass is 335 g/mol. The fraction of sp³-hybridized carbons (Fsp3) is 0.158. The van der Waals surface area contributed by atoms with Crippen LogP contribution in [0.3, 0.4) is 0 Å². The van der Waals surface area contributed by atoms with E-state index in [1.54, 1.807) is 30.3 Å². The Bertz CT molecular complexity index is 877. The number of benzene rings is 2. The number of hydrogen-bond acceptors (Lipinski definition) is 6. The SMILES string of the molecule is CCc1cc(Nc2cc(Oc3ccc(N)cc3)nc(N)n2)ccc1C. The van der Waals surface area contributed by atoms with Gasteiger partial charge in [0.05, 0.1) is 0 Å². The van der Waals surface area contributed by atoms with E-state index in [2.05, 4.69) is 41.3 Å². The molecule has 1 heterocycles. The molecular weight excluding hydrogens is 314 g/mol. The first-order valence-corrected chi connectivity index (χ1v) is 8.08. The predicted octanol–water partition coefficient (Wildman–Crippen LogP) is 4.05. The molecule has 2 aromatic carbocycles. The minimum absolute atomic E-state index is 0.137. The second-order valence-electron chi connectivity index (χ2n) is 5.74. The first-order chi connectivity index (χ1) is 12.0. The predicted molar refractivity (Wildman–Crippen MR) is 101 cm³/mol. The van der Waals surface area contributed by atoms with E-state index in [1.165, 1.54) is 11.1 Å². The number of anilines is 4. The van der Waals surface area contributed by atoms with E-state index in [0.29, 0.717) is 23.1 Å². The molecule has 0 aliphatic carbocycles. The molecule has 0 amide bonds. The molecular formula is C19H21N5O. The Morgan fingerprint density at radius 1 is 1.00 bits per heavy atom. The van der Waals surface area contributed by atoms with Crippen LogP contribution in [0.25, 0.3) is 0 Å². The van der Waals surface area contributed by atoms with Gasteiger partial charge in [-0.15, -0.1) is 0 Å². The maximum Gasteiger partial charge on any atom is 0.226 e. The van der Waals surface area contributed by atoms with Crippen molar-refractivity contribution >= 4 is 23.1 Å². The van der Waals surface area contributed by atoms with E-state index in [9.17, 15) is 0 Å². The van der Waals surface area contributed by atoms with Crippen molar-refractivity contribution in [3.05, 3.63) is 59.7 Å². The molecule has 0 unspecified atom stereocenters. The highest BCUT2D eigenvalue weighted by atomic mass is 16.5. The Kier molecular flexibility index (Phi) is 4.70. The van der Waals surface area contributed by atoms with Crippen molar-refractivity contribution in [1.29, 1.82) is 0 Å². The molecule has 0 bridgehead atoms. The lowest BCUT2D eigenvalue weighted by Gasteiger charge is -2.11. The number of aryl methyl sites for hydroxylation is 2. The Morgan fingerprint density at radius 2 is 1.76 bits per heavy atom. The lowest BCUT2D eigenvalue weighted by atomic mass is 10.1. The number of nitrogens with two attached hydrogens (primary N) is 2. The van der Waals surface area contributed by atoms with E-state index in [4.69, 9.17) is 16.2 Å². The summed E-state index contributed by atoms with van der Waals surface area (Å²) in [6.45, 7) is 4.23. The van der Waals surface area contributed by atoms with Crippen LogP contribution >= 0.6 is 0 Å². The summed E-state index contributed by atoms with van der Waals surface area (Å²) in [7, 11) is 0. The number of ether oxygens (including phenoxy) is 1. The molecule has 3 rings (SSSR count). The summed E-state index contributed by atoms with van der Waals surface area (Å²) in [6, 6.07) is 15.0. The molecule has 0 aliphatic heterocycles. The minimum Gasteiger partial charge on any atom is -0.439 e. The number of nitrogens with zero attached hydrogens (tertiary/aromatic N) is 2. The first kappa shape index (κ1) is 16.6. The van der Waals surface area contributed by atoms with Crippen molar-refractivity contribution in [1.82, 2.24) is 9.97 Å². The Balaban J connectivity index is 1.82. The molecule has 1 aromatic heterocycles. The standard InChI is InChI=1S/C19H21N5O/c1-3-13-10-15(7-4-12(13)2)22-17-11-18(24-19(21)23-17)25-16-8-5-14(20)6-9-16/h4-11H,3,20H2,1-2H3,(H3,21,22,23,24). The third-order valence-corrected chi connectivity index (χ3v) is 3.82.